The van der Waals surface area contributed by atoms with Crippen molar-refractivity contribution in [1.82, 2.24) is 4.90 Å². The van der Waals surface area contributed by atoms with E-state index in [1.807, 2.05) is 6.92 Å². The molecule has 0 aromatic carbocycles. The Labute approximate surface area is 112 Å². The van der Waals surface area contributed by atoms with Crippen LogP contribution >= 0.6 is 0 Å². The van der Waals surface area contributed by atoms with Gasteiger partial charge in [-0.15, -0.1) is 0 Å². The Hall–Kier alpha value is -1.82. The fourth-order valence-electron chi connectivity index (χ4n) is 1.51. The third-order valence-electron chi connectivity index (χ3n) is 2.62. The van der Waals surface area contributed by atoms with Crippen LogP contribution in [0.15, 0.2) is 16.5 Å². The molecule has 1 aromatic rings. The summed E-state index contributed by atoms with van der Waals surface area (Å²) in [5.41, 5.74) is 0. The number of methoxy groups -OCH3 is 2. The number of carbonyl (C=O) groups excluding carboxylic acids is 2. The minimum absolute atomic E-state index is 0.124. The van der Waals surface area contributed by atoms with E-state index in [1.54, 1.807) is 12.1 Å². The molecule has 0 aliphatic rings. The zero-order valence-corrected chi connectivity index (χ0v) is 11.5. The van der Waals surface area contributed by atoms with E-state index in [2.05, 4.69) is 4.74 Å². The molecule has 0 bridgehead atoms. The lowest BCUT2D eigenvalue weighted by molar-refractivity contribution is -0.141. The highest BCUT2D eigenvalue weighted by molar-refractivity contribution is 5.93. The van der Waals surface area contributed by atoms with E-state index in [4.69, 9.17) is 9.15 Å². The molecule has 0 unspecified atom stereocenters. The van der Waals surface area contributed by atoms with Crippen molar-refractivity contribution in [2.24, 2.45) is 0 Å². The Bertz CT molecular complexity index is 426. The predicted molar refractivity (Wildman–Crippen MR) is 67.9 cm³/mol. The summed E-state index contributed by atoms with van der Waals surface area (Å²) >= 11 is 0. The van der Waals surface area contributed by atoms with Gasteiger partial charge >= 0.3 is 5.97 Å². The van der Waals surface area contributed by atoms with Crippen LogP contribution in [-0.4, -0.2) is 50.7 Å². The van der Waals surface area contributed by atoms with Gasteiger partial charge in [-0.3, -0.25) is 9.59 Å². The molecule has 6 heteroatoms. The molecule has 1 rings (SSSR count). The molecule has 1 heterocycles. The first-order chi connectivity index (χ1) is 9.12. The Morgan fingerprint density at radius 2 is 2.05 bits per heavy atom. The maximum absolute atomic E-state index is 12.2. The van der Waals surface area contributed by atoms with Gasteiger partial charge < -0.3 is 18.8 Å². The summed E-state index contributed by atoms with van der Waals surface area (Å²) in [6.45, 7) is 2.45. The molecule has 0 N–H and O–H groups in total. The van der Waals surface area contributed by atoms with Gasteiger partial charge in [0.05, 0.1) is 13.7 Å². The lowest BCUT2D eigenvalue weighted by Crippen LogP contribution is -2.38. The second-order valence-corrected chi connectivity index (χ2v) is 3.92. The number of aryl methyl sites for hydroxylation is 1. The SMILES string of the molecule is CCc1ccc(C(=O)N(CCOC)CC(=O)OC)o1. The number of ether oxygens (including phenoxy) is 2. The van der Waals surface area contributed by atoms with Crippen LogP contribution in [0.25, 0.3) is 0 Å². The smallest absolute Gasteiger partial charge is 0.325 e. The van der Waals surface area contributed by atoms with Gasteiger partial charge in [-0.2, -0.15) is 0 Å². The topological polar surface area (TPSA) is 69.0 Å². The molecule has 0 saturated carbocycles. The molecule has 1 aromatic heterocycles. The zero-order valence-electron chi connectivity index (χ0n) is 11.5. The van der Waals surface area contributed by atoms with E-state index in [9.17, 15) is 9.59 Å². The van der Waals surface area contributed by atoms with Crippen LogP contribution in [-0.2, 0) is 20.7 Å². The molecule has 6 nitrogen and oxygen atoms in total. The monoisotopic (exact) mass is 269 g/mol. The molecule has 1 amide bonds. The van der Waals surface area contributed by atoms with Gasteiger partial charge in [0.15, 0.2) is 5.76 Å². The summed E-state index contributed by atoms with van der Waals surface area (Å²) in [6, 6.07) is 3.36. The zero-order chi connectivity index (χ0) is 14.3. The first-order valence-electron chi connectivity index (χ1n) is 6.06. The number of hydrogen-bond donors (Lipinski definition) is 0. The third kappa shape index (κ3) is 4.40. The normalized spacial score (nSPS) is 10.3. The largest absolute Gasteiger partial charge is 0.468 e. The van der Waals surface area contributed by atoms with Crippen molar-refractivity contribution in [1.29, 1.82) is 0 Å². The average molecular weight is 269 g/mol. The Morgan fingerprint density at radius 1 is 1.32 bits per heavy atom. The number of furan rings is 1. The van der Waals surface area contributed by atoms with E-state index >= 15 is 0 Å². The number of carbonyl (C=O) groups is 2. The molecule has 0 saturated heterocycles. The molecular weight excluding hydrogens is 250 g/mol. The standard InChI is InChI=1S/C13H19NO5/c1-4-10-5-6-11(19-10)13(16)14(7-8-17-2)9-12(15)18-3/h5-6H,4,7-9H2,1-3H3. The van der Waals surface area contributed by atoms with Crippen LogP contribution in [0, 0.1) is 0 Å². The van der Waals surface area contributed by atoms with Gasteiger partial charge in [0, 0.05) is 20.1 Å². The van der Waals surface area contributed by atoms with Crippen LogP contribution in [0.4, 0.5) is 0 Å². The van der Waals surface area contributed by atoms with Gasteiger partial charge in [0.2, 0.25) is 0 Å². The summed E-state index contributed by atoms with van der Waals surface area (Å²) < 4.78 is 14.9. The minimum atomic E-state index is -0.480. The molecule has 106 valence electrons. The molecule has 0 atom stereocenters. The van der Waals surface area contributed by atoms with E-state index in [1.165, 1.54) is 19.1 Å². The molecule has 0 spiro atoms. The van der Waals surface area contributed by atoms with Crippen LogP contribution in [0.3, 0.4) is 0 Å². The first-order valence-corrected chi connectivity index (χ1v) is 6.06. The molecule has 0 radical (unpaired) electrons. The Kier molecular flexibility index (Phi) is 6.08. The number of amides is 1. The fourth-order valence-corrected chi connectivity index (χ4v) is 1.51. The van der Waals surface area contributed by atoms with E-state index in [0.29, 0.717) is 19.6 Å². The second kappa shape index (κ2) is 7.58. The maximum atomic E-state index is 12.2. The van der Waals surface area contributed by atoms with Gasteiger partial charge in [0.1, 0.15) is 12.3 Å². The lowest BCUT2D eigenvalue weighted by atomic mass is 10.3. The highest BCUT2D eigenvalue weighted by Crippen LogP contribution is 2.11. The number of nitrogens with zero attached hydrogens (tertiary/aromatic N) is 1. The van der Waals surface area contributed by atoms with Crippen LogP contribution in [0.1, 0.15) is 23.2 Å². The van der Waals surface area contributed by atoms with Crippen molar-refractivity contribution in [3.05, 3.63) is 23.7 Å². The number of hydrogen-bond acceptors (Lipinski definition) is 5. The van der Waals surface area contributed by atoms with Gasteiger partial charge in [0.25, 0.3) is 5.91 Å². The van der Waals surface area contributed by atoms with Crippen molar-refractivity contribution in [2.75, 3.05) is 33.9 Å². The predicted octanol–water partition coefficient (Wildman–Crippen LogP) is 1.10. The highest BCUT2D eigenvalue weighted by atomic mass is 16.5. The van der Waals surface area contributed by atoms with Crippen LogP contribution < -0.4 is 0 Å². The Morgan fingerprint density at radius 3 is 2.58 bits per heavy atom. The minimum Gasteiger partial charge on any atom is -0.468 e. The first kappa shape index (κ1) is 15.2. The highest BCUT2D eigenvalue weighted by Gasteiger charge is 2.21. The van der Waals surface area contributed by atoms with Crippen molar-refractivity contribution in [3.8, 4) is 0 Å². The summed E-state index contributed by atoms with van der Waals surface area (Å²) in [7, 11) is 2.81. The van der Waals surface area contributed by atoms with E-state index in [-0.39, 0.29) is 18.2 Å². The fraction of sp³-hybridized carbons (Fsp3) is 0.538. The maximum Gasteiger partial charge on any atom is 0.325 e. The van der Waals surface area contributed by atoms with Crippen LogP contribution in [0.5, 0.6) is 0 Å². The summed E-state index contributed by atoms with van der Waals surface area (Å²) in [6.07, 6.45) is 0.711. The molecule has 0 fully saturated rings. The van der Waals surface area contributed by atoms with Gasteiger partial charge in [-0.05, 0) is 12.1 Å². The van der Waals surface area contributed by atoms with E-state index in [0.717, 1.165) is 5.76 Å². The molecular formula is C13H19NO5. The average Bonchev–Trinajstić information content (AvgIpc) is 2.91. The number of rotatable bonds is 7. The Balaban J connectivity index is 2.77. The van der Waals surface area contributed by atoms with Crippen molar-refractivity contribution >= 4 is 11.9 Å². The number of esters is 1. The van der Waals surface area contributed by atoms with Gasteiger partial charge in [-0.1, -0.05) is 6.92 Å². The van der Waals surface area contributed by atoms with Crippen LogP contribution in [0.2, 0.25) is 0 Å². The summed E-state index contributed by atoms with van der Waals surface area (Å²) in [5.74, 6) is 0.124. The lowest BCUT2D eigenvalue weighted by Gasteiger charge is -2.19. The molecule has 0 aliphatic heterocycles. The quantitative estimate of drug-likeness (QED) is 0.693. The second-order valence-electron chi connectivity index (χ2n) is 3.92. The van der Waals surface area contributed by atoms with Crippen molar-refractivity contribution in [3.63, 3.8) is 0 Å². The van der Waals surface area contributed by atoms with Crippen molar-refractivity contribution in [2.45, 2.75) is 13.3 Å². The van der Waals surface area contributed by atoms with E-state index < -0.39 is 5.97 Å². The van der Waals surface area contributed by atoms with Gasteiger partial charge in [-0.25, -0.2) is 0 Å². The summed E-state index contributed by atoms with van der Waals surface area (Å²) in [4.78, 5) is 24.8. The molecule has 19 heavy (non-hydrogen) atoms. The third-order valence-corrected chi connectivity index (χ3v) is 2.62. The summed E-state index contributed by atoms with van der Waals surface area (Å²) in [5, 5.41) is 0. The van der Waals surface area contributed by atoms with Crippen molar-refractivity contribution < 1.29 is 23.5 Å². The molecule has 0 aliphatic carbocycles.